The molecule has 20 aromatic carbocycles. The highest BCUT2D eigenvalue weighted by Gasteiger charge is 2.27. The van der Waals surface area contributed by atoms with Crippen LogP contribution >= 0.6 is 45.3 Å². The van der Waals surface area contributed by atoms with Crippen LogP contribution in [0.2, 0.25) is 0 Å². The maximum Gasteiger partial charge on any atom is 0.180 e. The number of thiophene rings is 4. The van der Waals surface area contributed by atoms with Crippen molar-refractivity contribution in [2.75, 3.05) is 4.90 Å². The van der Waals surface area contributed by atoms with Crippen LogP contribution < -0.4 is 4.90 Å². The number of hydrogen-bond acceptors (Lipinski definition) is 13. The molecule has 0 saturated heterocycles. The molecule has 0 N–H and O–H groups in total. The van der Waals surface area contributed by atoms with Gasteiger partial charge in [0.1, 0.15) is 28.2 Å². The third-order valence-electron chi connectivity index (χ3n) is 26.9. The molecule has 0 unspecified atom stereocenters. The van der Waals surface area contributed by atoms with Gasteiger partial charge in [0.25, 0.3) is 0 Å². The van der Waals surface area contributed by atoms with E-state index in [0.717, 1.165) is 159 Å². The van der Waals surface area contributed by atoms with E-state index in [1.54, 1.807) is 22.7 Å². The van der Waals surface area contributed by atoms with E-state index in [2.05, 4.69) is 411 Å². The third kappa shape index (κ3) is 12.9. The van der Waals surface area contributed by atoms with Gasteiger partial charge in [-0.25, -0.2) is 34.9 Å². The number of furan rings is 1. The maximum atomic E-state index is 6.47. The lowest BCUT2D eigenvalue weighted by atomic mass is 9.98. The Labute approximate surface area is 792 Å². The molecule has 0 aliphatic carbocycles. The summed E-state index contributed by atoms with van der Waals surface area (Å²) in [5.74, 6) is 1.24. The van der Waals surface area contributed by atoms with E-state index in [1.165, 1.54) is 108 Å². The predicted molar refractivity (Wildman–Crippen MR) is 580 cm³/mol. The van der Waals surface area contributed by atoms with Crippen molar-refractivity contribution in [3.63, 3.8) is 0 Å². The fourth-order valence-electron chi connectivity index (χ4n) is 20.5. The van der Waals surface area contributed by atoms with E-state index in [0.29, 0.717) is 17.2 Å². The van der Waals surface area contributed by atoms with Gasteiger partial charge in [-0.1, -0.05) is 309 Å². The van der Waals surface area contributed by atoms with Crippen molar-refractivity contribution in [2.45, 2.75) is 0 Å². The molecule has 0 bridgehead atoms. The predicted octanol–water partition coefficient (Wildman–Crippen LogP) is 35.5. The van der Waals surface area contributed by atoms with Gasteiger partial charge in [0.15, 0.2) is 17.2 Å². The second-order valence-electron chi connectivity index (χ2n) is 34.8. The highest BCUT2D eigenvalue weighted by atomic mass is 32.1. The lowest BCUT2D eigenvalue weighted by Gasteiger charge is -2.26. The average Bonchev–Trinajstić information content (AvgIpc) is 1.49. The largest absolute Gasteiger partial charge is 0.452 e. The molecule has 0 spiro atoms. The molecule has 0 radical (unpaired) electrons. The first-order valence-electron chi connectivity index (χ1n) is 45.5. The molecule has 30 rings (SSSR count). The fraction of sp³-hybridized carbons (Fsp3) is 0. The first-order chi connectivity index (χ1) is 67.3. The Morgan fingerprint density at radius 3 is 1.07 bits per heavy atom. The molecule has 0 saturated carbocycles. The Hall–Kier alpha value is -16.9. The smallest absolute Gasteiger partial charge is 0.180 e. The number of hydrogen-bond donors (Lipinski definition) is 0. The van der Waals surface area contributed by atoms with Gasteiger partial charge in [-0.2, -0.15) is 0 Å². The minimum atomic E-state index is 0.585. The Balaban J connectivity index is 0.000000101. The summed E-state index contributed by atoms with van der Waals surface area (Å²) in [4.78, 5) is 39.4. The van der Waals surface area contributed by atoms with Gasteiger partial charge in [-0.3, -0.25) is 0 Å². The van der Waals surface area contributed by atoms with Crippen LogP contribution in [0.4, 0.5) is 17.1 Å². The van der Waals surface area contributed by atoms with Gasteiger partial charge in [0.05, 0.1) is 38.2 Å². The van der Waals surface area contributed by atoms with Crippen molar-refractivity contribution < 1.29 is 4.42 Å². The van der Waals surface area contributed by atoms with Gasteiger partial charge in [-0.05, 0) is 175 Å². The van der Waals surface area contributed by atoms with Crippen molar-refractivity contribution >= 4 is 273 Å². The quantitative estimate of drug-likeness (QED) is 0.138. The number of para-hydroxylation sites is 1. The number of pyridine rings is 3. The van der Waals surface area contributed by atoms with Crippen LogP contribution in [-0.4, -0.2) is 34.9 Å². The van der Waals surface area contributed by atoms with E-state index in [4.69, 9.17) is 39.3 Å². The Morgan fingerprint density at radius 2 is 0.559 bits per heavy atom. The van der Waals surface area contributed by atoms with Crippen LogP contribution in [0.15, 0.2) is 429 Å². The standard InChI is InChI=1S/C45H28N2S.C39H21N3OS.C39H21N3S2/c1-3-11-32-25-35(23-17-29(32)9-1)47(36-24-18-30-10-2-4-12-33(30)26-36)34-21-19-31(20-22-34)45-39-15-6-5-13-37(39)40-27-41-38-14-7-8-16-43(38)48-44(41)28-42(40)46-45;1-2-12-23-22(10-1)11-9-17-26(23)35-38-36(28-16-5-7-18-32(28)43-38)42-39(41-35)37-27-15-4-3-13-24(27)29-20-30-25-14-6-8-19-33(25)44-34(30)21-31(29)40-37;1-2-10-23-19-24(18-17-22(23)9-1)35-38-36(28-14-6-8-16-33(28)44-38)42-39(41-35)37-27-13-4-3-11-25(27)29-20-30-26-12-5-7-15-32(26)43-34(30)21-31(29)40-37/h1-28H;2*1-21H. The maximum absolute atomic E-state index is 6.47. The van der Waals surface area contributed by atoms with E-state index in [-0.39, 0.29) is 0 Å². The second kappa shape index (κ2) is 31.4. The normalized spacial score (nSPS) is 12.0. The molecule has 10 aromatic heterocycles. The zero-order valence-electron chi connectivity index (χ0n) is 72.5. The van der Waals surface area contributed by atoms with E-state index in [9.17, 15) is 0 Å². The van der Waals surface area contributed by atoms with Crippen LogP contribution in [0.25, 0.3) is 268 Å². The van der Waals surface area contributed by atoms with E-state index < -0.39 is 0 Å². The average molecular weight is 1800 g/mol. The molecule has 13 heteroatoms. The molecule has 632 valence electrons. The summed E-state index contributed by atoms with van der Waals surface area (Å²) in [5.41, 5.74) is 17.0. The molecule has 30 aromatic rings. The lowest BCUT2D eigenvalue weighted by molar-refractivity contribution is 0.667. The van der Waals surface area contributed by atoms with Crippen LogP contribution in [0, 0.1) is 0 Å². The van der Waals surface area contributed by atoms with Gasteiger partial charge < -0.3 is 9.32 Å². The molecular formula is C123H70N8OS4. The van der Waals surface area contributed by atoms with Crippen LogP contribution in [-0.2, 0) is 0 Å². The minimum absolute atomic E-state index is 0.585. The summed E-state index contributed by atoms with van der Waals surface area (Å²) in [7, 11) is 0. The van der Waals surface area contributed by atoms with Crippen molar-refractivity contribution in [1.29, 1.82) is 0 Å². The van der Waals surface area contributed by atoms with Crippen LogP contribution in [0.3, 0.4) is 0 Å². The zero-order chi connectivity index (χ0) is 89.2. The van der Waals surface area contributed by atoms with Gasteiger partial charge in [0.2, 0.25) is 0 Å². The van der Waals surface area contributed by atoms with Crippen LogP contribution in [0.5, 0.6) is 0 Å². The molecule has 0 atom stereocenters. The van der Waals surface area contributed by atoms with Crippen LogP contribution in [0.1, 0.15) is 0 Å². The Morgan fingerprint density at radius 1 is 0.191 bits per heavy atom. The molecule has 0 amide bonds. The number of anilines is 3. The first-order valence-corrected chi connectivity index (χ1v) is 48.8. The Bertz CT molecular complexity index is 10200. The molecule has 136 heavy (non-hydrogen) atoms. The van der Waals surface area contributed by atoms with Crippen molar-refractivity contribution in [1.82, 2.24) is 34.9 Å². The monoisotopic (exact) mass is 1800 g/mol. The number of fused-ring (bicyclic) bond motifs is 28. The van der Waals surface area contributed by atoms with Crippen molar-refractivity contribution in [3.8, 4) is 56.8 Å². The minimum Gasteiger partial charge on any atom is -0.452 e. The Kier molecular flexibility index (Phi) is 18.0. The summed E-state index contributed by atoms with van der Waals surface area (Å²) in [6.45, 7) is 0. The zero-order valence-corrected chi connectivity index (χ0v) is 75.8. The lowest BCUT2D eigenvalue weighted by Crippen LogP contribution is -2.10. The molecule has 0 aliphatic heterocycles. The van der Waals surface area contributed by atoms with E-state index in [1.807, 2.05) is 40.9 Å². The third-order valence-corrected chi connectivity index (χ3v) is 31.5. The van der Waals surface area contributed by atoms with Crippen molar-refractivity contribution in [2.24, 2.45) is 0 Å². The topological polar surface area (TPSA) is 107 Å². The highest BCUT2D eigenvalue weighted by Crippen LogP contribution is 2.49. The summed E-state index contributed by atoms with van der Waals surface area (Å²) in [6.07, 6.45) is 0. The van der Waals surface area contributed by atoms with Crippen molar-refractivity contribution in [3.05, 3.63) is 425 Å². The number of aromatic nitrogens is 7. The highest BCUT2D eigenvalue weighted by molar-refractivity contribution is 7.27. The molecule has 10 heterocycles. The second-order valence-corrected chi connectivity index (χ2v) is 39.1. The summed E-state index contributed by atoms with van der Waals surface area (Å²) in [6, 6.07) is 151. The number of nitrogens with zero attached hydrogens (tertiary/aromatic N) is 8. The molecular weight excluding hydrogens is 1730 g/mol. The summed E-state index contributed by atoms with van der Waals surface area (Å²) < 4.78 is 16.4. The molecule has 9 nitrogen and oxygen atoms in total. The van der Waals surface area contributed by atoms with E-state index >= 15 is 0 Å². The SMILES string of the molecule is c1ccc2c(-c3nc(-c4nc5cc6sc7ccccc7c6cc5c5ccccc45)nc4c3oc3ccccc34)cccc2c1.c1ccc2cc(-c3nc(-c4nc5cc6sc7ccccc7c6cc5c5ccccc45)nc4c3sc3ccccc34)ccc2c1.c1ccc2cc(N(c3ccc(-c4nc5cc6sc7ccccc7c6cc5c5ccccc45)cc3)c3ccc4ccccc4c3)ccc2c1. The molecule has 0 fully saturated rings. The summed E-state index contributed by atoms with van der Waals surface area (Å²) in [5, 5.41) is 29.7. The number of benzene rings is 20. The van der Waals surface area contributed by atoms with Gasteiger partial charge >= 0.3 is 0 Å². The van der Waals surface area contributed by atoms with Gasteiger partial charge in [-0.15, -0.1) is 45.3 Å². The fourth-order valence-corrected chi connectivity index (χ4v) is 25.0. The number of rotatable bonds is 8. The van der Waals surface area contributed by atoms with Gasteiger partial charge in [0, 0.05) is 142 Å². The molecule has 0 aliphatic rings. The first kappa shape index (κ1) is 77.8. The summed E-state index contributed by atoms with van der Waals surface area (Å²) >= 11 is 7.22.